The summed E-state index contributed by atoms with van der Waals surface area (Å²) in [6.07, 6.45) is 0. The van der Waals surface area contributed by atoms with E-state index in [1.807, 2.05) is 0 Å². The molecule has 6 heteroatoms. The van der Waals surface area contributed by atoms with Crippen LogP contribution >= 0.6 is 49.7 Å². The van der Waals surface area contributed by atoms with Crippen LogP contribution in [0.15, 0.2) is 24.3 Å². The number of rotatable bonds is 8. The number of thiocarbonyl (C=S) groups is 2. The Kier molecular flexibility index (Phi) is 20.2. The normalized spacial score (nSPS) is 10.5. The standard InChI is InChI=1S/2C9H19NS2.C8H10/c2*1-7(2)5-10(9(11)12)6-8(3)4;1-7-5-3-4-6-8(7)2/h2*7-8H,5-6H2,1-4H3,(H,11,12);3-6H,1-2H3. The summed E-state index contributed by atoms with van der Waals surface area (Å²) < 4.78 is 1.44. The third-order valence-electron chi connectivity index (χ3n) is 4.31. The minimum Gasteiger partial charge on any atom is -0.357 e. The number of hydrogen-bond acceptors (Lipinski definition) is 2. The lowest BCUT2D eigenvalue weighted by molar-refractivity contribution is 0.337. The summed E-state index contributed by atoms with van der Waals surface area (Å²) in [5.41, 5.74) is 2.74. The highest BCUT2D eigenvalue weighted by Gasteiger charge is 2.10. The predicted octanol–water partition coefficient (Wildman–Crippen LogP) is 7.93. The zero-order chi connectivity index (χ0) is 25.4. The quantitative estimate of drug-likeness (QED) is 0.267. The first-order valence-electron chi connectivity index (χ1n) is 11.6. The Morgan fingerprint density at radius 1 is 0.625 bits per heavy atom. The molecule has 0 N–H and O–H groups in total. The van der Waals surface area contributed by atoms with Crippen LogP contribution in [0.3, 0.4) is 0 Å². The molecule has 0 aliphatic rings. The van der Waals surface area contributed by atoms with Gasteiger partial charge in [0, 0.05) is 26.2 Å². The van der Waals surface area contributed by atoms with Crippen LogP contribution in [0.4, 0.5) is 0 Å². The molecule has 0 fully saturated rings. The van der Waals surface area contributed by atoms with E-state index in [-0.39, 0.29) is 0 Å². The Morgan fingerprint density at radius 2 is 0.844 bits per heavy atom. The first kappa shape index (κ1) is 33.9. The van der Waals surface area contributed by atoms with Crippen LogP contribution in [-0.2, 0) is 0 Å². The minimum absolute atomic E-state index is 0.647. The molecular formula is C26H48N2S4. The molecule has 0 radical (unpaired) electrons. The van der Waals surface area contributed by atoms with E-state index in [9.17, 15) is 0 Å². The van der Waals surface area contributed by atoms with Crippen LogP contribution in [-0.4, -0.2) is 44.6 Å². The second-order valence-electron chi connectivity index (χ2n) is 10.0. The fourth-order valence-electron chi connectivity index (χ4n) is 2.89. The van der Waals surface area contributed by atoms with Crippen molar-refractivity contribution in [3.63, 3.8) is 0 Å². The molecule has 0 atom stereocenters. The Bertz CT molecular complexity index is 567. The maximum absolute atomic E-state index is 5.04. The van der Waals surface area contributed by atoms with Crippen molar-refractivity contribution in [2.75, 3.05) is 26.2 Å². The summed E-state index contributed by atoms with van der Waals surface area (Å²) in [5, 5.41) is 0. The van der Waals surface area contributed by atoms with Gasteiger partial charge in [0.15, 0.2) is 0 Å². The molecule has 0 bridgehead atoms. The van der Waals surface area contributed by atoms with Gasteiger partial charge in [-0.15, -0.1) is 25.3 Å². The van der Waals surface area contributed by atoms with Gasteiger partial charge >= 0.3 is 0 Å². The third-order valence-corrected chi connectivity index (χ3v) is 5.39. The molecule has 0 spiro atoms. The van der Waals surface area contributed by atoms with Crippen LogP contribution in [0.1, 0.15) is 66.5 Å². The molecule has 0 saturated carbocycles. The Balaban J connectivity index is 0. The average molecular weight is 517 g/mol. The van der Waals surface area contributed by atoms with E-state index in [1.54, 1.807) is 0 Å². The zero-order valence-electron chi connectivity index (χ0n) is 22.1. The molecule has 0 unspecified atom stereocenters. The molecule has 1 aromatic rings. The van der Waals surface area contributed by atoms with Crippen LogP contribution in [0.25, 0.3) is 0 Å². The van der Waals surface area contributed by atoms with Gasteiger partial charge < -0.3 is 9.80 Å². The van der Waals surface area contributed by atoms with E-state index in [1.165, 1.54) is 11.1 Å². The molecule has 0 aromatic heterocycles. The summed E-state index contributed by atoms with van der Waals surface area (Å²) in [7, 11) is 0. The van der Waals surface area contributed by atoms with Crippen molar-refractivity contribution in [3.8, 4) is 0 Å². The molecule has 0 aliphatic carbocycles. The monoisotopic (exact) mass is 516 g/mol. The lowest BCUT2D eigenvalue weighted by Crippen LogP contribution is -2.33. The van der Waals surface area contributed by atoms with E-state index in [0.717, 1.165) is 34.8 Å². The van der Waals surface area contributed by atoms with Gasteiger partial charge in [-0.05, 0) is 48.6 Å². The minimum atomic E-state index is 0.647. The van der Waals surface area contributed by atoms with Crippen LogP contribution < -0.4 is 0 Å². The van der Waals surface area contributed by atoms with Crippen molar-refractivity contribution < 1.29 is 0 Å². The molecule has 1 rings (SSSR count). The van der Waals surface area contributed by atoms with E-state index in [2.05, 4.69) is 129 Å². The van der Waals surface area contributed by atoms with Crippen molar-refractivity contribution in [1.82, 2.24) is 9.80 Å². The number of thiol groups is 2. The number of nitrogens with zero attached hydrogens (tertiary/aromatic N) is 2. The maximum atomic E-state index is 5.04. The predicted molar refractivity (Wildman–Crippen MR) is 162 cm³/mol. The highest BCUT2D eigenvalue weighted by Crippen LogP contribution is 2.08. The van der Waals surface area contributed by atoms with Crippen molar-refractivity contribution in [1.29, 1.82) is 0 Å². The van der Waals surface area contributed by atoms with E-state index >= 15 is 0 Å². The summed E-state index contributed by atoms with van der Waals surface area (Å²) in [6, 6.07) is 8.36. The second kappa shape index (κ2) is 19.1. The van der Waals surface area contributed by atoms with Gasteiger partial charge in [0.1, 0.15) is 8.64 Å². The topological polar surface area (TPSA) is 6.48 Å². The fraction of sp³-hybridized carbons (Fsp3) is 0.692. The highest BCUT2D eigenvalue weighted by atomic mass is 32.1. The van der Waals surface area contributed by atoms with Crippen molar-refractivity contribution >= 4 is 58.3 Å². The van der Waals surface area contributed by atoms with Gasteiger partial charge in [0.25, 0.3) is 0 Å². The summed E-state index contributed by atoms with van der Waals surface area (Å²) in [4.78, 5) is 4.32. The second-order valence-corrected chi connectivity index (χ2v) is 12.3. The van der Waals surface area contributed by atoms with Gasteiger partial charge in [-0.2, -0.15) is 0 Å². The molecule has 186 valence electrons. The van der Waals surface area contributed by atoms with Crippen LogP contribution in [0.5, 0.6) is 0 Å². The van der Waals surface area contributed by atoms with Gasteiger partial charge in [0.05, 0.1) is 0 Å². The lowest BCUT2D eigenvalue weighted by Gasteiger charge is -2.26. The average Bonchev–Trinajstić information content (AvgIpc) is 2.62. The third kappa shape index (κ3) is 20.3. The smallest absolute Gasteiger partial charge is 0.133 e. The van der Waals surface area contributed by atoms with Gasteiger partial charge in [-0.25, -0.2) is 0 Å². The Morgan fingerprint density at radius 3 is 0.969 bits per heavy atom. The van der Waals surface area contributed by atoms with Crippen molar-refractivity contribution in [2.24, 2.45) is 23.7 Å². The van der Waals surface area contributed by atoms with E-state index < -0.39 is 0 Å². The molecule has 0 heterocycles. The highest BCUT2D eigenvalue weighted by molar-refractivity contribution is 8.11. The fourth-order valence-corrected chi connectivity index (χ4v) is 3.51. The van der Waals surface area contributed by atoms with E-state index in [4.69, 9.17) is 24.4 Å². The Hall–Kier alpha value is -0.300. The van der Waals surface area contributed by atoms with Gasteiger partial charge in [-0.3, -0.25) is 0 Å². The maximum Gasteiger partial charge on any atom is 0.133 e. The van der Waals surface area contributed by atoms with Gasteiger partial charge in [0.2, 0.25) is 0 Å². The first-order chi connectivity index (χ1) is 14.7. The molecule has 2 nitrogen and oxygen atoms in total. The Labute approximate surface area is 221 Å². The molecular weight excluding hydrogens is 469 g/mol. The number of aryl methyl sites for hydroxylation is 2. The summed E-state index contributed by atoms with van der Waals surface area (Å²) in [6.45, 7) is 25.8. The number of benzene rings is 1. The largest absolute Gasteiger partial charge is 0.357 e. The molecule has 32 heavy (non-hydrogen) atoms. The van der Waals surface area contributed by atoms with Gasteiger partial charge in [-0.1, -0.05) is 104 Å². The molecule has 1 aromatic carbocycles. The lowest BCUT2D eigenvalue weighted by atomic mass is 10.1. The number of hydrogen-bond donors (Lipinski definition) is 2. The zero-order valence-corrected chi connectivity index (χ0v) is 25.5. The molecule has 0 aliphatic heterocycles. The first-order valence-corrected chi connectivity index (χ1v) is 13.4. The van der Waals surface area contributed by atoms with Crippen LogP contribution in [0.2, 0.25) is 0 Å². The molecule has 0 amide bonds. The van der Waals surface area contributed by atoms with Crippen LogP contribution in [0, 0.1) is 37.5 Å². The summed E-state index contributed by atoms with van der Waals surface area (Å²) in [5.74, 6) is 2.59. The van der Waals surface area contributed by atoms with Crippen molar-refractivity contribution in [3.05, 3.63) is 35.4 Å². The summed E-state index contributed by atoms with van der Waals surface area (Å²) >= 11 is 18.5. The molecule has 0 saturated heterocycles. The van der Waals surface area contributed by atoms with Crippen molar-refractivity contribution in [2.45, 2.75) is 69.2 Å². The van der Waals surface area contributed by atoms with E-state index in [0.29, 0.717) is 23.7 Å². The SMILES string of the molecule is CC(C)CN(CC(C)C)C(=S)S.CC(C)CN(CC(C)C)C(=S)S.Cc1ccccc1C.